The normalized spacial score (nSPS) is 27.8. The minimum Gasteiger partial charge on any atom is -0.361 e. The van der Waals surface area contributed by atoms with Gasteiger partial charge < -0.3 is 9.64 Å². The molecule has 0 aromatic rings. The molecule has 1 fully saturated rings. The molecule has 0 radical (unpaired) electrons. The van der Waals surface area contributed by atoms with E-state index in [4.69, 9.17) is 4.74 Å². The van der Waals surface area contributed by atoms with Gasteiger partial charge >= 0.3 is 0 Å². The van der Waals surface area contributed by atoms with Gasteiger partial charge in [-0.3, -0.25) is 4.79 Å². The first-order valence-corrected chi connectivity index (χ1v) is 5.35. The van der Waals surface area contributed by atoms with Crippen LogP contribution in [0.25, 0.3) is 0 Å². The molecule has 1 aliphatic heterocycles. The van der Waals surface area contributed by atoms with Gasteiger partial charge in [0.2, 0.25) is 5.91 Å². The van der Waals surface area contributed by atoms with Gasteiger partial charge in [0.05, 0.1) is 0 Å². The maximum absolute atomic E-state index is 11.6. The number of rotatable bonds is 4. The average Bonchev–Trinajstić information content (AvgIpc) is 2.39. The Labute approximate surface area is 86.4 Å². The fourth-order valence-electron chi connectivity index (χ4n) is 1.74. The molecular formula is C11H21NO2. The van der Waals surface area contributed by atoms with Crippen molar-refractivity contribution in [3.63, 3.8) is 0 Å². The van der Waals surface area contributed by atoms with Crippen LogP contribution in [0.5, 0.6) is 0 Å². The Morgan fingerprint density at radius 1 is 1.57 bits per heavy atom. The lowest BCUT2D eigenvalue weighted by Gasteiger charge is -2.27. The average molecular weight is 199 g/mol. The van der Waals surface area contributed by atoms with E-state index in [-0.39, 0.29) is 11.3 Å². The van der Waals surface area contributed by atoms with E-state index in [1.165, 1.54) is 0 Å². The van der Waals surface area contributed by atoms with Crippen molar-refractivity contribution in [1.29, 1.82) is 0 Å². The first-order chi connectivity index (χ1) is 6.49. The predicted molar refractivity (Wildman–Crippen MR) is 55.8 cm³/mol. The van der Waals surface area contributed by atoms with E-state index in [0.717, 1.165) is 6.54 Å². The molecule has 0 aromatic carbocycles. The summed E-state index contributed by atoms with van der Waals surface area (Å²) in [6.07, 6.45) is 0.664. The lowest BCUT2D eigenvalue weighted by atomic mass is 9.78. The van der Waals surface area contributed by atoms with Gasteiger partial charge in [-0.05, 0) is 18.3 Å². The van der Waals surface area contributed by atoms with Crippen LogP contribution < -0.4 is 0 Å². The fourth-order valence-corrected chi connectivity index (χ4v) is 1.74. The van der Waals surface area contributed by atoms with E-state index < -0.39 is 0 Å². The number of likely N-dealkylation sites (tertiary alicyclic amines) is 1. The van der Waals surface area contributed by atoms with Crippen molar-refractivity contribution < 1.29 is 9.53 Å². The van der Waals surface area contributed by atoms with Crippen LogP contribution >= 0.6 is 0 Å². The van der Waals surface area contributed by atoms with Gasteiger partial charge in [0.15, 0.2) is 0 Å². The number of hydrogen-bond donors (Lipinski definition) is 0. The molecule has 1 rings (SSSR count). The molecule has 3 heteroatoms. The second kappa shape index (κ2) is 4.30. The zero-order valence-electron chi connectivity index (χ0n) is 9.67. The zero-order chi connectivity index (χ0) is 10.8. The summed E-state index contributed by atoms with van der Waals surface area (Å²) in [6.45, 7) is 10.4. The Hall–Kier alpha value is -0.570. The SMILES string of the molecule is CCOCN1CC(C)(C(C)C)CC1=O. The number of carbonyl (C=O) groups is 1. The van der Waals surface area contributed by atoms with Crippen molar-refractivity contribution in [1.82, 2.24) is 4.90 Å². The molecule has 1 aliphatic rings. The zero-order valence-corrected chi connectivity index (χ0v) is 9.67. The highest BCUT2D eigenvalue weighted by molar-refractivity contribution is 5.79. The Balaban J connectivity index is 2.55. The third-order valence-corrected chi connectivity index (χ3v) is 3.30. The van der Waals surface area contributed by atoms with Crippen molar-refractivity contribution in [3.8, 4) is 0 Å². The number of carbonyl (C=O) groups excluding carboxylic acids is 1. The number of ether oxygens (including phenoxy) is 1. The summed E-state index contributed by atoms with van der Waals surface area (Å²) in [5, 5.41) is 0. The monoisotopic (exact) mass is 199 g/mol. The summed E-state index contributed by atoms with van der Waals surface area (Å²) in [5.41, 5.74) is 0.133. The Bertz CT molecular complexity index is 215. The van der Waals surface area contributed by atoms with Crippen molar-refractivity contribution in [2.75, 3.05) is 19.9 Å². The van der Waals surface area contributed by atoms with Crippen LogP contribution in [0.3, 0.4) is 0 Å². The molecule has 82 valence electrons. The highest BCUT2D eigenvalue weighted by atomic mass is 16.5. The van der Waals surface area contributed by atoms with Gasteiger partial charge in [0.25, 0.3) is 0 Å². The lowest BCUT2D eigenvalue weighted by molar-refractivity contribution is -0.132. The first kappa shape index (κ1) is 11.5. The van der Waals surface area contributed by atoms with Gasteiger partial charge in [0.1, 0.15) is 6.73 Å². The van der Waals surface area contributed by atoms with Crippen molar-refractivity contribution in [3.05, 3.63) is 0 Å². The molecular weight excluding hydrogens is 178 g/mol. The number of hydrogen-bond acceptors (Lipinski definition) is 2. The van der Waals surface area contributed by atoms with E-state index >= 15 is 0 Å². The lowest BCUT2D eigenvalue weighted by Crippen LogP contribution is -2.31. The van der Waals surface area contributed by atoms with Crippen LogP contribution in [0, 0.1) is 11.3 Å². The smallest absolute Gasteiger partial charge is 0.225 e. The van der Waals surface area contributed by atoms with Crippen LogP contribution in [-0.2, 0) is 9.53 Å². The molecule has 0 bridgehead atoms. The van der Waals surface area contributed by atoms with Gasteiger partial charge in [-0.1, -0.05) is 20.8 Å². The third kappa shape index (κ3) is 2.27. The minimum atomic E-state index is 0.133. The Morgan fingerprint density at radius 2 is 2.21 bits per heavy atom. The maximum Gasteiger partial charge on any atom is 0.225 e. The second-order valence-electron chi connectivity index (χ2n) is 4.70. The van der Waals surface area contributed by atoms with E-state index in [0.29, 0.717) is 25.7 Å². The van der Waals surface area contributed by atoms with Crippen LogP contribution in [0.15, 0.2) is 0 Å². The molecule has 0 N–H and O–H groups in total. The van der Waals surface area contributed by atoms with Gasteiger partial charge in [-0.25, -0.2) is 0 Å². The van der Waals surface area contributed by atoms with E-state index in [1.54, 1.807) is 0 Å². The molecule has 0 aliphatic carbocycles. The predicted octanol–water partition coefficient (Wildman–Crippen LogP) is 1.88. The Kier molecular flexibility index (Phi) is 3.53. The molecule has 3 nitrogen and oxygen atoms in total. The van der Waals surface area contributed by atoms with Crippen molar-refractivity contribution in [2.45, 2.75) is 34.1 Å². The molecule has 14 heavy (non-hydrogen) atoms. The van der Waals surface area contributed by atoms with E-state index in [1.807, 2.05) is 11.8 Å². The Morgan fingerprint density at radius 3 is 2.64 bits per heavy atom. The summed E-state index contributed by atoms with van der Waals surface area (Å²) < 4.78 is 5.27. The summed E-state index contributed by atoms with van der Waals surface area (Å²) in [6, 6.07) is 0. The molecule has 1 unspecified atom stereocenters. The molecule has 1 heterocycles. The van der Waals surface area contributed by atoms with Crippen molar-refractivity contribution in [2.24, 2.45) is 11.3 Å². The van der Waals surface area contributed by atoms with Gasteiger partial charge in [-0.15, -0.1) is 0 Å². The molecule has 1 atom stereocenters. The van der Waals surface area contributed by atoms with Crippen LogP contribution in [-0.4, -0.2) is 30.7 Å². The van der Waals surface area contributed by atoms with Crippen LogP contribution in [0.2, 0.25) is 0 Å². The quantitative estimate of drug-likeness (QED) is 0.692. The highest BCUT2D eigenvalue weighted by Gasteiger charge is 2.41. The van der Waals surface area contributed by atoms with E-state index in [2.05, 4.69) is 20.8 Å². The van der Waals surface area contributed by atoms with Gasteiger partial charge in [-0.2, -0.15) is 0 Å². The van der Waals surface area contributed by atoms with Gasteiger partial charge in [0, 0.05) is 19.6 Å². The van der Waals surface area contributed by atoms with Crippen LogP contribution in [0.1, 0.15) is 34.1 Å². The molecule has 1 amide bonds. The van der Waals surface area contributed by atoms with Crippen LogP contribution in [0.4, 0.5) is 0 Å². The number of nitrogens with zero attached hydrogens (tertiary/aromatic N) is 1. The molecule has 0 saturated carbocycles. The van der Waals surface area contributed by atoms with Crippen molar-refractivity contribution >= 4 is 5.91 Å². The molecule has 0 spiro atoms. The van der Waals surface area contributed by atoms with E-state index in [9.17, 15) is 4.79 Å². The second-order valence-corrected chi connectivity index (χ2v) is 4.70. The number of amides is 1. The first-order valence-electron chi connectivity index (χ1n) is 5.35. The summed E-state index contributed by atoms with van der Waals surface area (Å²) in [4.78, 5) is 13.5. The fraction of sp³-hybridized carbons (Fsp3) is 0.909. The summed E-state index contributed by atoms with van der Waals surface area (Å²) in [7, 11) is 0. The summed E-state index contributed by atoms with van der Waals surface area (Å²) in [5.74, 6) is 0.771. The maximum atomic E-state index is 11.6. The third-order valence-electron chi connectivity index (χ3n) is 3.30. The topological polar surface area (TPSA) is 29.5 Å². The standard InChI is InChI=1S/C11H21NO2/c1-5-14-8-12-7-11(4,9(2)3)6-10(12)13/h9H,5-8H2,1-4H3. The molecule has 0 aromatic heterocycles. The summed E-state index contributed by atoms with van der Waals surface area (Å²) >= 11 is 0. The largest absolute Gasteiger partial charge is 0.361 e. The minimum absolute atomic E-state index is 0.133. The highest BCUT2D eigenvalue weighted by Crippen LogP contribution is 2.37. The molecule has 1 saturated heterocycles.